The molecule has 2 aromatic rings. The highest BCUT2D eigenvalue weighted by molar-refractivity contribution is 7.39. The lowest BCUT2D eigenvalue weighted by Gasteiger charge is -2.24. The Morgan fingerprint density at radius 1 is 1.16 bits per heavy atom. The molecule has 1 amide bonds. The van der Waals surface area contributed by atoms with Crippen LogP contribution < -0.4 is 5.73 Å². The van der Waals surface area contributed by atoms with Crippen LogP contribution in [-0.2, 0) is 15.8 Å². The fourth-order valence-corrected chi connectivity index (χ4v) is 3.79. The van der Waals surface area contributed by atoms with Crippen LogP contribution in [0.15, 0.2) is 59.8 Å². The van der Waals surface area contributed by atoms with Gasteiger partial charge in [0.15, 0.2) is 0 Å². The molecule has 0 spiro atoms. The number of benzene rings is 2. The first-order chi connectivity index (χ1) is 14.9. The van der Waals surface area contributed by atoms with Gasteiger partial charge in [-0.15, -0.1) is 0 Å². The third kappa shape index (κ3) is 6.82. The third-order valence-electron chi connectivity index (χ3n) is 5.22. The molecule has 1 aliphatic rings. The summed E-state index contributed by atoms with van der Waals surface area (Å²) in [5.41, 5.74) is 8.79. The summed E-state index contributed by atoms with van der Waals surface area (Å²) in [6.45, 7) is 3.14. The second-order valence-corrected chi connectivity index (χ2v) is 8.45. The minimum atomic E-state index is -2.45. The van der Waals surface area contributed by atoms with E-state index in [9.17, 15) is 4.79 Å². The van der Waals surface area contributed by atoms with Gasteiger partial charge in [0.05, 0.1) is 17.9 Å². The Kier molecular flexibility index (Phi) is 8.12. The van der Waals surface area contributed by atoms with Crippen LogP contribution in [0.3, 0.4) is 0 Å². The Balaban J connectivity index is 1.51. The van der Waals surface area contributed by atoms with Gasteiger partial charge in [-0.3, -0.25) is 4.79 Å². The van der Waals surface area contributed by atoms with Crippen molar-refractivity contribution in [3.05, 3.63) is 71.3 Å². The van der Waals surface area contributed by atoms with E-state index in [4.69, 9.17) is 24.9 Å². The number of oxime groups is 1. The van der Waals surface area contributed by atoms with Crippen LogP contribution in [0.1, 0.15) is 34.8 Å². The second kappa shape index (κ2) is 10.8. The molecule has 9 heteroatoms. The molecule has 0 radical (unpaired) electrons. The van der Waals surface area contributed by atoms with Crippen LogP contribution in [0, 0.1) is 0 Å². The molecule has 31 heavy (non-hydrogen) atoms. The molecular weight excluding hydrogens is 417 g/mol. The number of likely N-dealkylation sites (tertiary alicyclic amines) is 1. The van der Waals surface area contributed by atoms with Crippen molar-refractivity contribution >= 4 is 20.2 Å². The SMILES string of the molecule is C/C(=N\OCCc1ccccc1)c1ccc(C(=O)N2CCC(N)(COP(O)O)C2)cc1. The zero-order valence-corrected chi connectivity index (χ0v) is 18.4. The molecule has 1 aliphatic heterocycles. The number of hydrogen-bond donors (Lipinski definition) is 3. The number of rotatable bonds is 9. The van der Waals surface area contributed by atoms with Gasteiger partial charge < -0.3 is 29.8 Å². The van der Waals surface area contributed by atoms with Crippen molar-refractivity contribution in [3.63, 3.8) is 0 Å². The molecule has 1 saturated heterocycles. The van der Waals surface area contributed by atoms with E-state index in [1.807, 2.05) is 37.3 Å². The van der Waals surface area contributed by atoms with E-state index < -0.39 is 14.1 Å². The molecule has 166 valence electrons. The van der Waals surface area contributed by atoms with Gasteiger partial charge in [0.25, 0.3) is 5.91 Å². The maximum Gasteiger partial charge on any atom is 0.327 e. The molecule has 0 saturated carbocycles. The third-order valence-corrected chi connectivity index (χ3v) is 5.58. The van der Waals surface area contributed by atoms with Gasteiger partial charge in [-0.25, -0.2) is 0 Å². The Hall–Kier alpha value is -2.35. The molecule has 2 aromatic carbocycles. The van der Waals surface area contributed by atoms with Crippen LogP contribution in [0.2, 0.25) is 0 Å². The Morgan fingerprint density at radius 3 is 2.52 bits per heavy atom. The van der Waals surface area contributed by atoms with Crippen molar-refractivity contribution < 1.29 is 23.9 Å². The fraction of sp³-hybridized carbons (Fsp3) is 0.364. The number of nitrogens with two attached hydrogens (primary N) is 1. The molecular formula is C22H28N3O5P. The highest BCUT2D eigenvalue weighted by atomic mass is 31.2. The summed E-state index contributed by atoms with van der Waals surface area (Å²) in [4.78, 5) is 37.7. The molecule has 3 rings (SSSR count). The average Bonchev–Trinajstić information content (AvgIpc) is 3.18. The normalized spacial score (nSPS) is 19.1. The molecule has 1 fully saturated rings. The van der Waals surface area contributed by atoms with Gasteiger partial charge in [0, 0.05) is 25.1 Å². The summed E-state index contributed by atoms with van der Waals surface area (Å²) in [6, 6.07) is 17.3. The summed E-state index contributed by atoms with van der Waals surface area (Å²) in [6.07, 6.45) is 1.32. The monoisotopic (exact) mass is 445 g/mol. The minimum absolute atomic E-state index is 0.00560. The molecule has 1 heterocycles. The van der Waals surface area contributed by atoms with E-state index >= 15 is 0 Å². The fourth-order valence-electron chi connectivity index (χ4n) is 3.41. The molecule has 0 aliphatic carbocycles. The minimum Gasteiger partial charge on any atom is -0.395 e. The predicted octanol–water partition coefficient (Wildman–Crippen LogP) is 2.44. The zero-order valence-electron chi connectivity index (χ0n) is 17.5. The van der Waals surface area contributed by atoms with Gasteiger partial charge >= 0.3 is 8.60 Å². The van der Waals surface area contributed by atoms with E-state index in [0.29, 0.717) is 31.7 Å². The van der Waals surface area contributed by atoms with Crippen molar-refractivity contribution in [2.75, 3.05) is 26.3 Å². The summed E-state index contributed by atoms with van der Waals surface area (Å²) >= 11 is 0. The molecule has 1 unspecified atom stereocenters. The predicted molar refractivity (Wildman–Crippen MR) is 119 cm³/mol. The van der Waals surface area contributed by atoms with Crippen molar-refractivity contribution in [1.29, 1.82) is 0 Å². The number of carbonyl (C=O) groups excluding carboxylic acids is 1. The van der Waals surface area contributed by atoms with Crippen LogP contribution in [0.5, 0.6) is 0 Å². The van der Waals surface area contributed by atoms with E-state index in [1.165, 1.54) is 5.56 Å². The number of carbonyl (C=O) groups is 1. The maximum atomic E-state index is 12.8. The maximum absolute atomic E-state index is 12.8. The van der Waals surface area contributed by atoms with Crippen molar-refractivity contribution in [2.45, 2.75) is 25.3 Å². The largest absolute Gasteiger partial charge is 0.395 e. The van der Waals surface area contributed by atoms with E-state index in [2.05, 4.69) is 17.3 Å². The summed E-state index contributed by atoms with van der Waals surface area (Å²) < 4.78 is 4.86. The number of hydrogen-bond acceptors (Lipinski definition) is 7. The van der Waals surface area contributed by atoms with Gasteiger partial charge in [-0.2, -0.15) is 0 Å². The second-order valence-electron chi connectivity index (χ2n) is 7.69. The summed E-state index contributed by atoms with van der Waals surface area (Å²) in [7, 11) is -2.45. The van der Waals surface area contributed by atoms with Gasteiger partial charge in [-0.1, -0.05) is 47.6 Å². The van der Waals surface area contributed by atoms with Gasteiger partial charge in [0.2, 0.25) is 0 Å². The van der Waals surface area contributed by atoms with Crippen molar-refractivity contribution in [2.24, 2.45) is 10.9 Å². The Morgan fingerprint density at radius 2 is 1.84 bits per heavy atom. The number of amides is 1. The lowest BCUT2D eigenvalue weighted by molar-refractivity contribution is 0.0776. The lowest BCUT2D eigenvalue weighted by Crippen LogP contribution is -2.47. The van der Waals surface area contributed by atoms with Crippen LogP contribution >= 0.6 is 8.60 Å². The summed E-state index contributed by atoms with van der Waals surface area (Å²) in [5.74, 6) is -0.122. The zero-order chi connectivity index (χ0) is 22.3. The van der Waals surface area contributed by atoms with E-state index in [0.717, 1.165) is 17.7 Å². The first-order valence-electron chi connectivity index (χ1n) is 10.1. The summed E-state index contributed by atoms with van der Waals surface area (Å²) in [5, 5.41) is 4.17. The molecule has 8 nitrogen and oxygen atoms in total. The quantitative estimate of drug-likeness (QED) is 0.236. The average molecular weight is 445 g/mol. The Bertz CT molecular complexity index is 892. The van der Waals surface area contributed by atoms with E-state index in [-0.39, 0.29) is 12.5 Å². The van der Waals surface area contributed by atoms with Crippen molar-refractivity contribution in [3.8, 4) is 0 Å². The van der Waals surface area contributed by atoms with E-state index in [1.54, 1.807) is 17.0 Å². The Labute approximate surface area is 183 Å². The van der Waals surface area contributed by atoms with Gasteiger partial charge in [-0.05, 0) is 36.6 Å². The lowest BCUT2D eigenvalue weighted by atomic mass is 10.0. The first-order valence-corrected chi connectivity index (χ1v) is 11.2. The first kappa shape index (κ1) is 23.3. The highest BCUT2D eigenvalue weighted by Gasteiger charge is 2.37. The molecule has 4 N–H and O–H groups in total. The topological polar surface area (TPSA) is 118 Å². The number of nitrogens with zero attached hydrogens (tertiary/aromatic N) is 2. The smallest absolute Gasteiger partial charge is 0.327 e. The molecule has 1 atom stereocenters. The van der Waals surface area contributed by atoms with Crippen LogP contribution in [-0.4, -0.2) is 58.1 Å². The highest BCUT2D eigenvalue weighted by Crippen LogP contribution is 2.29. The van der Waals surface area contributed by atoms with Crippen LogP contribution in [0.4, 0.5) is 0 Å². The van der Waals surface area contributed by atoms with Crippen molar-refractivity contribution in [1.82, 2.24) is 4.90 Å². The molecule has 0 aromatic heterocycles. The van der Waals surface area contributed by atoms with Crippen LogP contribution in [0.25, 0.3) is 0 Å². The van der Waals surface area contributed by atoms with Gasteiger partial charge in [0.1, 0.15) is 6.61 Å². The molecule has 0 bridgehead atoms. The standard InChI is InChI=1S/C22H28N3O5P/c1-17(24-29-14-11-18-5-3-2-4-6-18)19-7-9-20(10-8-19)21(26)25-13-12-22(23,15-25)16-30-31(27)28/h2-10,27-28H,11-16,23H2,1H3/b24-17+.